The van der Waals surface area contributed by atoms with Gasteiger partial charge in [0.15, 0.2) is 0 Å². The Morgan fingerprint density at radius 1 is 0.633 bits per heavy atom. The van der Waals surface area contributed by atoms with Crippen LogP contribution in [-0.4, -0.2) is 46.9 Å². The molecular weight excluding hydrogens is 384 g/mol. The first-order chi connectivity index (χ1) is 14.1. The van der Waals surface area contributed by atoms with Crippen molar-refractivity contribution in [1.29, 1.82) is 0 Å². The number of aliphatic hydroxyl groups is 4. The van der Waals surface area contributed by atoms with E-state index in [9.17, 15) is 20.4 Å². The standard InChI is InChI=1S/C24H34O6/c1-23(2,15-25)21(27)17-5-9-19(10-6-17)29-13-14-30-20-11-7-18(8-12-20)22(28)24(3,4)16-26/h5-12,21-22,25-28H,13-16H2,1-4H3. The molecule has 0 aliphatic rings. The summed E-state index contributed by atoms with van der Waals surface area (Å²) in [7, 11) is 0. The molecule has 2 aromatic rings. The molecule has 2 atom stereocenters. The van der Waals surface area contributed by atoms with Gasteiger partial charge in [-0.15, -0.1) is 0 Å². The Morgan fingerprint density at radius 2 is 0.933 bits per heavy atom. The first-order valence-electron chi connectivity index (χ1n) is 10.1. The van der Waals surface area contributed by atoms with Gasteiger partial charge in [-0.3, -0.25) is 0 Å². The van der Waals surface area contributed by atoms with Crippen molar-refractivity contribution in [1.82, 2.24) is 0 Å². The lowest BCUT2D eigenvalue weighted by molar-refractivity contribution is 0.00622. The zero-order valence-electron chi connectivity index (χ0n) is 18.2. The van der Waals surface area contributed by atoms with E-state index in [0.29, 0.717) is 24.7 Å². The van der Waals surface area contributed by atoms with Gasteiger partial charge in [-0.2, -0.15) is 0 Å². The van der Waals surface area contributed by atoms with E-state index in [-0.39, 0.29) is 13.2 Å². The van der Waals surface area contributed by atoms with E-state index in [1.165, 1.54) is 0 Å². The fourth-order valence-corrected chi connectivity index (χ4v) is 2.89. The maximum absolute atomic E-state index is 10.3. The van der Waals surface area contributed by atoms with Crippen LogP contribution < -0.4 is 9.47 Å². The summed E-state index contributed by atoms with van der Waals surface area (Å²) in [4.78, 5) is 0. The Kier molecular flexibility index (Phi) is 8.26. The van der Waals surface area contributed by atoms with Crippen molar-refractivity contribution >= 4 is 0 Å². The van der Waals surface area contributed by atoms with Gasteiger partial charge in [0, 0.05) is 10.8 Å². The summed E-state index contributed by atoms with van der Waals surface area (Å²) in [5.74, 6) is 1.34. The molecule has 0 fully saturated rings. The first kappa shape index (κ1) is 24.2. The highest BCUT2D eigenvalue weighted by atomic mass is 16.5. The van der Waals surface area contributed by atoms with Crippen LogP contribution in [0.5, 0.6) is 11.5 Å². The number of benzene rings is 2. The average Bonchev–Trinajstić information content (AvgIpc) is 2.76. The summed E-state index contributed by atoms with van der Waals surface area (Å²) >= 11 is 0. The van der Waals surface area contributed by atoms with E-state index < -0.39 is 23.0 Å². The lowest BCUT2D eigenvalue weighted by atomic mass is 9.83. The van der Waals surface area contributed by atoms with Crippen molar-refractivity contribution in [3.63, 3.8) is 0 Å². The first-order valence-corrected chi connectivity index (χ1v) is 10.1. The second-order valence-electron chi connectivity index (χ2n) is 8.93. The molecule has 4 N–H and O–H groups in total. The second-order valence-corrected chi connectivity index (χ2v) is 8.93. The molecule has 2 unspecified atom stereocenters. The van der Waals surface area contributed by atoms with Gasteiger partial charge in [0.05, 0.1) is 25.4 Å². The summed E-state index contributed by atoms with van der Waals surface area (Å²) in [5, 5.41) is 39.5. The molecule has 0 spiro atoms. The van der Waals surface area contributed by atoms with E-state index in [1.807, 2.05) is 0 Å². The largest absolute Gasteiger partial charge is 0.490 e. The SMILES string of the molecule is CC(C)(CO)C(O)c1ccc(OCCOc2ccc(C(O)C(C)(C)CO)cc2)cc1. The minimum atomic E-state index is -0.760. The van der Waals surface area contributed by atoms with Crippen molar-refractivity contribution in [2.75, 3.05) is 26.4 Å². The third kappa shape index (κ3) is 6.19. The molecule has 0 amide bonds. The second kappa shape index (κ2) is 10.3. The molecule has 0 aliphatic carbocycles. The van der Waals surface area contributed by atoms with E-state index >= 15 is 0 Å². The maximum atomic E-state index is 10.3. The Hall–Kier alpha value is -2.12. The van der Waals surface area contributed by atoms with Crippen molar-refractivity contribution in [3.05, 3.63) is 59.7 Å². The van der Waals surface area contributed by atoms with Gasteiger partial charge in [-0.05, 0) is 35.4 Å². The molecule has 166 valence electrons. The lowest BCUT2D eigenvalue weighted by Gasteiger charge is -2.28. The topological polar surface area (TPSA) is 99.4 Å². The summed E-state index contributed by atoms with van der Waals surface area (Å²) in [6, 6.07) is 14.3. The van der Waals surface area contributed by atoms with E-state index in [1.54, 1.807) is 76.2 Å². The fourth-order valence-electron chi connectivity index (χ4n) is 2.89. The van der Waals surface area contributed by atoms with Crippen molar-refractivity contribution in [2.45, 2.75) is 39.9 Å². The monoisotopic (exact) mass is 418 g/mol. The fraction of sp³-hybridized carbons (Fsp3) is 0.500. The molecule has 6 heteroatoms. The highest BCUT2D eigenvalue weighted by Gasteiger charge is 2.29. The van der Waals surface area contributed by atoms with Crippen LogP contribution in [0.2, 0.25) is 0 Å². The molecule has 2 rings (SSSR count). The van der Waals surface area contributed by atoms with Gasteiger partial charge in [0.25, 0.3) is 0 Å². The number of ether oxygens (including phenoxy) is 2. The van der Waals surface area contributed by atoms with Gasteiger partial charge in [-0.25, -0.2) is 0 Å². The summed E-state index contributed by atoms with van der Waals surface area (Å²) in [6.45, 7) is 7.71. The summed E-state index contributed by atoms with van der Waals surface area (Å²) in [5.41, 5.74) is 0.222. The normalized spacial score (nSPS) is 14.3. The number of hydrogen-bond acceptors (Lipinski definition) is 6. The van der Waals surface area contributed by atoms with Crippen LogP contribution in [0.3, 0.4) is 0 Å². The van der Waals surface area contributed by atoms with Crippen LogP contribution in [0.4, 0.5) is 0 Å². The number of hydrogen-bond donors (Lipinski definition) is 4. The zero-order chi connectivity index (χ0) is 22.4. The van der Waals surface area contributed by atoms with Crippen LogP contribution in [0.15, 0.2) is 48.5 Å². The molecule has 0 bridgehead atoms. The van der Waals surface area contributed by atoms with Crippen LogP contribution in [0.1, 0.15) is 51.0 Å². The zero-order valence-corrected chi connectivity index (χ0v) is 18.2. The minimum Gasteiger partial charge on any atom is -0.490 e. The summed E-state index contributed by atoms with van der Waals surface area (Å²) in [6.07, 6.45) is -1.52. The Bertz CT molecular complexity index is 700. The predicted molar refractivity (Wildman–Crippen MR) is 116 cm³/mol. The molecule has 0 aliphatic heterocycles. The highest BCUT2D eigenvalue weighted by Crippen LogP contribution is 2.34. The molecule has 0 saturated carbocycles. The van der Waals surface area contributed by atoms with Crippen LogP contribution in [0, 0.1) is 10.8 Å². The van der Waals surface area contributed by atoms with Crippen LogP contribution in [-0.2, 0) is 0 Å². The quantitative estimate of drug-likeness (QED) is 0.418. The smallest absolute Gasteiger partial charge is 0.122 e. The molecule has 0 radical (unpaired) electrons. The Morgan fingerprint density at radius 3 is 1.20 bits per heavy atom. The van der Waals surface area contributed by atoms with Gasteiger partial charge in [0.2, 0.25) is 0 Å². The Labute approximate surface area is 178 Å². The third-order valence-electron chi connectivity index (χ3n) is 5.31. The van der Waals surface area contributed by atoms with E-state index in [0.717, 1.165) is 11.1 Å². The van der Waals surface area contributed by atoms with Crippen molar-refractivity contribution < 1.29 is 29.9 Å². The third-order valence-corrected chi connectivity index (χ3v) is 5.31. The lowest BCUT2D eigenvalue weighted by Crippen LogP contribution is -2.26. The molecule has 30 heavy (non-hydrogen) atoms. The highest BCUT2D eigenvalue weighted by molar-refractivity contribution is 5.30. The molecule has 0 aromatic heterocycles. The molecule has 6 nitrogen and oxygen atoms in total. The van der Waals surface area contributed by atoms with Gasteiger partial charge in [-0.1, -0.05) is 52.0 Å². The van der Waals surface area contributed by atoms with Crippen molar-refractivity contribution in [3.8, 4) is 11.5 Å². The maximum Gasteiger partial charge on any atom is 0.122 e. The van der Waals surface area contributed by atoms with Crippen LogP contribution in [0.25, 0.3) is 0 Å². The average molecular weight is 419 g/mol. The van der Waals surface area contributed by atoms with Gasteiger partial charge < -0.3 is 29.9 Å². The van der Waals surface area contributed by atoms with E-state index in [2.05, 4.69) is 0 Å². The number of aliphatic hydroxyl groups excluding tert-OH is 4. The van der Waals surface area contributed by atoms with Crippen molar-refractivity contribution in [2.24, 2.45) is 10.8 Å². The van der Waals surface area contributed by atoms with Gasteiger partial charge in [0.1, 0.15) is 24.7 Å². The number of rotatable bonds is 11. The molecule has 0 saturated heterocycles. The minimum absolute atomic E-state index is 0.108. The Balaban J connectivity index is 1.81. The predicted octanol–water partition coefficient (Wildman–Crippen LogP) is 3.25. The molecule has 2 aromatic carbocycles. The van der Waals surface area contributed by atoms with Gasteiger partial charge >= 0.3 is 0 Å². The molecular formula is C24H34O6. The molecule has 0 heterocycles. The van der Waals surface area contributed by atoms with E-state index in [4.69, 9.17) is 9.47 Å². The van der Waals surface area contributed by atoms with Crippen LogP contribution >= 0.6 is 0 Å². The summed E-state index contributed by atoms with van der Waals surface area (Å²) < 4.78 is 11.3.